The van der Waals surface area contributed by atoms with Crippen molar-refractivity contribution >= 4 is 17.7 Å². The minimum absolute atomic E-state index is 0.0157. The highest BCUT2D eigenvalue weighted by Crippen LogP contribution is 2.17. The molecule has 1 unspecified atom stereocenters. The Labute approximate surface area is 110 Å². The molecule has 100 valence electrons. The number of carbonyl (C=O) groups is 3. The molecule has 1 aliphatic rings. The van der Waals surface area contributed by atoms with Crippen LogP contribution in [0.2, 0.25) is 0 Å². The van der Waals surface area contributed by atoms with Crippen molar-refractivity contribution < 1.29 is 19.5 Å². The van der Waals surface area contributed by atoms with E-state index in [0.717, 1.165) is 4.90 Å². The number of aromatic hydroxyl groups is 1. The largest absolute Gasteiger partial charge is 0.508 e. The second kappa shape index (κ2) is 4.72. The molecule has 6 heteroatoms. The first-order valence-electron chi connectivity index (χ1n) is 5.81. The number of imide groups is 1. The number of likely N-dealkylation sites (tertiary alicyclic amines) is 1. The zero-order valence-corrected chi connectivity index (χ0v) is 10.6. The molecule has 1 aromatic carbocycles. The van der Waals surface area contributed by atoms with Crippen molar-refractivity contribution in [3.63, 3.8) is 0 Å². The van der Waals surface area contributed by atoms with Crippen molar-refractivity contribution in [2.24, 2.45) is 0 Å². The summed E-state index contributed by atoms with van der Waals surface area (Å²) in [5, 5.41) is 11.8. The number of hydrogen-bond donors (Lipinski definition) is 2. The highest BCUT2D eigenvalue weighted by molar-refractivity contribution is 6.08. The molecule has 1 heterocycles. The van der Waals surface area contributed by atoms with Crippen LogP contribution in [0.1, 0.15) is 22.3 Å². The van der Waals surface area contributed by atoms with E-state index in [1.807, 2.05) is 0 Å². The highest BCUT2D eigenvalue weighted by atomic mass is 16.3. The molecule has 0 spiro atoms. The molecule has 6 nitrogen and oxygen atoms in total. The Balaban J connectivity index is 2.14. The van der Waals surface area contributed by atoms with E-state index in [1.165, 1.54) is 25.2 Å². The van der Waals surface area contributed by atoms with Gasteiger partial charge in [0.25, 0.3) is 11.8 Å². The van der Waals surface area contributed by atoms with Crippen molar-refractivity contribution in [1.29, 1.82) is 0 Å². The zero-order valence-electron chi connectivity index (χ0n) is 10.6. The van der Waals surface area contributed by atoms with Crippen LogP contribution in [-0.4, -0.2) is 40.8 Å². The topological polar surface area (TPSA) is 86.7 Å². The molecule has 19 heavy (non-hydrogen) atoms. The first-order valence-corrected chi connectivity index (χ1v) is 5.81. The van der Waals surface area contributed by atoms with E-state index in [9.17, 15) is 19.5 Å². The number of nitrogens with zero attached hydrogens (tertiary/aromatic N) is 1. The number of rotatable bonds is 2. The fourth-order valence-corrected chi connectivity index (χ4v) is 2.01. The van der Waals surface area contributed by atoms with Gasteiger partial charge in [0.1, 0.15) is 11.8 Å². The summed E-state index contributed by atoms with van der Waals surface area (Å²) >= 11 is 0. The molecule has 2 N–H and O–H groups in total. The standard InChI is InChI=1S/C13H14N2O4/c1-7-5-8(16)3-4-9(7)12(18)14-10-6-11(17)15(2)13(10)19/h3-5,10,16H,6H2,1-2H3,(H,14,18). The molecule has 0 aromatic heterocycles. The van der Waals surface area contributed by atoms with Crippen LogP contribution in [0.15, 0.2) is 18.2 Å². The summed E-state index contributed by atoms with van der Waals surface area (Å²) in [5.74, 6) is -1.08. The van der Waals surface area contributed by atoms with Crippen molar-refractivity contribution in [1.82, 2.24) is 10.2 Å². The van der Waals surface area contributed by atoms with Gasteiger partial charge in [-0.1, -0.05) is 0 Å². The Bertz CT molecular complexity index is 568. The minimum Gasteiger partial charge on any atom is -0.508 e. The van der Waals surface area contributed by atoms with Gasteiger partial charge in [-0.25, -0.2) is 0 Å². The highest BCUT2D eigenvalue weighted by Gasteiger charge is 2.37. The number of nitrogens with one attached hydrogen (secondary N) is 1. The van der Waals surface area contributed by atoms with Crippen LogP contribution in [0.3, 0.4) is 0 Å². The van der Waals surface area contributed by atoms with Crippen molar-refractivity contribution in [3.05, 3.63) is 29.3 Å². The van der Waals surface area contributed by atoms with Gasteiger partial charge in [0.2, 0.25) is 5.91 Å². The van der Waals surface area contributed by atoms with Crippen LogP contribution < -0.4 is 5.32 Å². The van der Waals surface area contributed by atoms with E-state index < -0.39 is 17.9 Å². The third-order valence-electron chi connectivity index (χ3n) is 3.14. The number of hydrogen-bond acceptors (Lipinski definition) is 4. The Morgan fingerprint density at radius 2 is 2.11 bits per heavy atom. The van der Waals surface area contributed by atoms with Crippen LogP contribution in [0.4, 0.5) is 0 Å². The fourth-order valence-electron chi connectivity index (χ4n) is 2.01. The van der Waals surface area contributed by atoms with Crippen LogP contribution >= 0.6 is 0 Å². The van der Waals surface area contributed by atoms with Crippen LogP contribution in [0, 0.1) is 6.92 Å². The molecule has 1 aromatic rings. The summed E-state index contributed by atoms with van der Waals surface area (Å²) in [6.07, 6.45) is -0.0157. The second-order valence-electron chi connectivity index (χ2n) is 4.52. The average Bonchev–Trinajstić information content (AvgIpc) is 2.57. The van der Waals surface area contributed by atoms with E-state index >= 15 is 0 Å². The smallest absolute Gasteiger partial charge is 0.252 e. The Morgan fingerprint density at radius 1 is 1.42 bits per heavy atom. The van der Waals surface area contributed by atoms with Crippen LogP contribution in [-0.2, 0) is 9.59 Å². The van der Waals surface area contributed by atoms with Gasteiger partial charge in [-0.2, -0.15) is 0 Å². The molecule has 0 aliphatic carbocycles. The molecular weight excluding hydrogens is 248 g/mol. The summed E-state index contributed by atoms with van der Waals surface area (Å²) < 4.78 is 0. The lowest BCUT2D eigenvalue weighted by molar-refractivity contribution is -0.137. The van der Waals surface area contributed by atoms with Gasteiger partial charge in [0, 0.05) is 12.6 Å². The number of aryl methyl sites for hydroxylation is 1. The summed E-state index contributed by atoms with van der Waals surface area (Å²) in [6.45, 7) is 1.68. The zero-order chi connectivity index (χ0) is 14.2. The van der Waals surface area contributed by atoms with Crippen LogP contribution in [0.5, 0.6) is 5.75 Å². The predicted octanol–water partition coefficient (Wildman–Crippen LogP) is 0.188. The Morgan fingerprint density at radius 3 is 2.63 bits per heavy atom. The van der Waals surface area contributed by atoms with Crippen molar-refractivity contribution in [2.75, 3.05) is 7.05 Å². The third kappa shape index (κ3) is 2.42. The molecule has 1 aliphatic heterocycles. The van der Waals surface area contributed by atoms with Gasteiger partial charge >= 0.3 is 0 Å². The number of amides is 3. The maximum Gasteiger partial charge on any atom is 0.252 e. The summed E-state index contributed by atoms with van der Waals surface area (Å²) in [5.41, 5.74) is 0.968. The molecule has 1 atom stereocenters. The van der Waals surface area contributed by atoms with Gasteiger partial charge in [0.05, 0.1) is 6.42 Å². The molecule has 1 fully saturated rings. The minimum atomic E-state index is -0.807. The predicted molar refractivity (Wildman–Crippen MR) is 66.5 cm³/mol. The van der Waals surface area contributed by atoms with E-state index in [-0.39, 0.29) is 18.1 Å². The van der Waals surface area contributed by atoms with Gasteiger partial charge in [0.15, 0.2) is 0 Å². The molecule has 0 saturated carbocycles. The first-order chi connectivity index (χ1) is 8.90. The lowest BCUT2D eigenvalue weighted by Gasteiger charge is -2.12. The van der Waals surface area contributed by atoms with E-state index in [1.54, 1.807) is 6.92 Å². The molecule has 2 rings (SSSR count). The third-order valence-corrected chi connectivity index (χ3v) is 3.14. The summed E-state index contributed by atoms with van der Waals surface area (Å²) in [7, 11) is 1.39. The number of likely N-dealkylation sites (N-methyl/N-ethyl adjacent to an activating group) is 1. The summed E-state index contributed by atoms with van der Waals surface area (Å²) in [4.78, 5) is 36.0. The monoisotopic (exact) mass is 262 g/mol. The maximum absolute atomic E-state index is 12.0. The second-order valence-corrected chi connectivity index (χ2v) is 4.52. The van der Waals surface area contributed by atoms with E-state index in [0.29, 0.717) is 11.1 Å². The van der Waals surface area contributed by atoms with E-state index in [4.69, 9.17) is 0 Å². The molecular formula is C13H14N2O4. The number of phenolic OH excluding ortho intramolecular Hbond substituents is 1. The first kappa shape index (κ1) is 13.1. The van der Waals surface area contributed by atoms with Gasteiger partial charge in [-0.15, -0.1) is 0 Å². The van der Waals surface area contributed by atoms with Gasteiger partial charge < -0.3 is 10.4 Å². The SMILES string of the molecule is Cc1cc(O)ccc1C(=O)NC1CC(=O)N(C)C1=O. The molecule has 1 saturated heterocycles. The molecule has 0 radical (unpaired) electrons. The maximum atomic E-state index is 12.0. The lowest BCUT2D eigenvalue weighted by Crippen LogP contribution is -2.40. The molecule has 0 bridgehead atoms. The quantitative estimate of drug-likeness (QED) is 0.745. The lowest BCUT2D eigenvalue weighted by atomic mass is 10.1. The van der Waals surface area contributed by atoms with Crippen LogP contribution in [0.25, 0.3) is 0 Å². The van der Waals surface area contributed by atoms with Gasteiger partial charge in [-0.3, -0.25) is 19.3 Å². The number of phenols is 1. The number of benzene rings is 1. The van der Waals surface area contributed by atoms with Crippen molar-refractivity contribution in [3.8, 4) is 5.75 Å². The van der Waals surface area contributed by atoms with E-state index in [2.05, 4.69) is 5.32 Å². The fraction of sp³-hybridized carbons (Fsp3) is 0.308. The average molecular weight is 262 g/mol. The van der Waals surface area contributed by atoms with Crippen molar-refractivity contribution in [2.45, 2.75) is 19.4 Å². The molecule has 3 amide bonds. The Kier molecular flexibility index (Phi) is 3.25. The van der Waals surface area contributed by atoms with Gasteiger partial charge in [-0.05, 0) is 30.7 Å². The summed E-state index contributed by atoms with van der Waals surface area (Å²) in [6, 6.07) is 3.53. The number of carbonyl (C=O) groups excluding carboxylic acids is 3. The normalized spacial score (nSPS) is 18.8. The Hall–Kier alpha value is -2.37.